The first-order chi connectivity index (χ1) is 16.6. The molecule has 1 N–H and O–H groups in total. The molecule has 0 saturated carbocycles. The third-order valence-electron chi connectivity index (χ3n) is 6.24. The van der Waals surface area contributed by atoms with Crippen LogP contribution in [-0.4, -0.2) is 58.7 Å². The van der Waals surface area contributed by atoms with E-state index in [1.165, 1.54) is 4.90 Å². The zero-order valence-electron chi connectivity index (χ0n) is 19.1. The summed E-state index contributed by atoms with van der Waals surface area (Å²) in [5.74, 6) is 0.667. The molecule has 0 unspecified atom stereocenters. The molecule has 174 valence electrons. The number of amides is 1. The monoisotopic (exact) mass is 457 g/mol. The Morgan fingerprint density at radius 1 is 0.941 bits per heavy atom. The summed E-state index contributed by atoms with van der Waals surface area (Å²) in [4.78, 5) is 21.8. The number of carboxylic acid groups (broad SMARTS) is 1. The first-order valence-corrected chi connectivity index (χ1v) is 11.6. The Morgan fingerprint density at radius 2 is 1.65 bits per heavy atom. The van der Waals surface area contributed by atoms with Gasteiger partial charge in [0, 0.05) is 66.7 Å². The van der Waals surface area contributed by atoms with E-state index in [4.69, 9.17) is 5.11 Å². The zero-order chi connectivity index (χ0) is 23.5. The molecule has 1 amide bonds. The summed E-state index contributed by atoms with van der Waals surface area (Å²) in [5.41, 5.74) is 4.96. The minimum absolute atomic E-state index is 0.203. The second-order valence-electron chi connectivity index (χ2n) is 8.58. The predicted molar refractivity (Wildman–Crippen MR) is 128 cm³/mol. The van der Waals surface area contributed by atoms with E-state index in [1.54, 1.807) is 0 Å². The largest absolute Gasteiger partial charge is 0.465 e. The van der Waals surface area contributed by atoms with Crippen molar-refractivity contribution in [2.45, 2.75) is 38.8 Å². The molecule has 9 nitrogen and oxygen atoms in total. The van der Waals surface area contributed by atoms with Crippen LogP contribution in [0.25, 0.3) is 33.6 Å². The quantitative estimate of drug-likeness (QED) is 0.454. The molecule has 4 heterocycles. The van der Waals surface area contributed by atoms with Crippen molar-refractivity contribution in [1.82, 2.24) is 34.4 Å². The molecule has 5 rings (SSSR count). The maximum atomic E-state index is 11.1. The molecule has 34 heavy (non-hydrogen) atoms. The smallest absolute Gasteiger partial charge is 0.407 e. The Hall–Kier alpha value is -4.01. The van der Waals surface area contributed by atoms with E-state index in [-0.39, 0.29) is 6.04 Å². The molecule has 0 bridgehead atoms. The van der Waals surface area contributed by atoms with Gasteiger partial charge in [0.15, 0.2) is 5.82 Å². The highest BCUT2D eigenvalue weighted by atomic mass is 16.4. The number of rotatable bonds is 6. The van der Waals surface area contributed by atoms with Crippen LogP contribution in [0.3, 0.4) is 0 Å². The molecule has 0 aliphatic carbocycles. The Labute approximate surface area is 197 Å². The molecule has 1 aromatic carbocycles. The van der Waals surface area contributed by atoms with Crippen LogP contribution in [0.4, 0.5) is 4.79 Å². The fraction of sp³-hybridized carbons (Fsp3) is 0.320. The maximum absolute atomic E-state index is 11.1. The van der Waals surface area contributed by atoms with Crippen LogP contribution in [0.15, 0.2) is 61.4 Å². The van der Waals surface area contributed by atoms with Crippen LogP contribution in [0.2, 0.25) is 0 Å². The number of hydrogen-bond acceptors (Lipinski definition) is 5. The summed E-state index contributed by atoms with van der Waals surface area (Å²) in [7, 11) is 0. The van der Waals surface area contributed by atoms with Crippen molar-refractivity contribution in [3.8, 4) is 33.6 Å². The second kappa shape index (κ2) is 9.46. The van der Waals surface area contributed by atoms with Gasteiger partial charge in [-0.2, -0.15) is 10.2 Å². The molecule has 1 fully saturated rings. The van der Waals surface area contributed by atoms with Gasteiger partial charge in [0.25, 0.3) is 0 Å². The number of benzene rings is 1. The van der Waals surface area contributed by atoms with Gasteiger partial charge in [0.1, 0.15) is 0 Å². The van der Waals surface area contributed by atoms with Gasteiger partial charge in [-0.15, -0.1) is 0 Å². The van der Waals surface area contributed by atoms with Gasteiger partial charge in [0.2, 0.25) is 0 Å². The van der Waals surface area contributed by atoms with E-state index in [1.807, 2.05) is 52.5 Å². The third-order valence-corrected chi connectivity index (χ3v) is 6.24. The lowest BCUT2D eigenvalue weighted by Crippen LogP contribution is -2.38. The van der Waals surface area contributed by atoms with Gasteiger partial charge >= 0.3 is 6.09 Å². The van der Waals surface area contributed by atoms with Crippen LogP contribution < -0.4 is 0 Å². The molecule has 0 spiro atoms. The van der Waals surface area contributed by atoms with Crippen molar-refractivity contribution >= 4 is 6.09 Å². The SMILES string of the molecule is CCCn1cc(-c2cccc(-c3ncc(-c4cnn(C5CCN(C(=O)O)CC5)c4)cn3)c2)cn1. The second-order valence-corrected chi connectivity index (χ2v) is 8.58. The number of aryl methyl sites for hydroxylation is 1. The molecular weight excluding hydrogens is 430 g/mol. The summed E-state index contributed by atoms with van der Waals surface area (Å²) in [6.45, 7) is 4.11. The van der Waals surface area contributed by atoms with Crippen LogP contribution in [0.1, 0.15) is 32.2 Å². The van der Waals surface area contributed by atoms with E-state index in [2.05, 4.69) is 45.4 Å². The standard InChI is InChI=1S/C25H27N7O2/c1-2-8-31-16-21(14-28-31)18-4-3-5-19(11-18)24-26-12-20(13-27-24)22-15-29-32(17-22)23-6-9-30(10-7-23)25(33)34/h3-5,11-17,23H,2,6-10H2,1H3,(H,33,34). The van der Waals surface area contributed by atoms with Gasteiger partial charge < -0.3 is 10.0 Å². The molecule has 1 aliphatic heterocycles. The summed E-state index contributed by atoms with van der Waals surface area (Å²) < 4.78 is 3.90. The summed E-state index contributed by atoms with van der Waals surface area (Å²) >= 11 is 0. The highest BCUT2D eigenvalue weighted by molar-refractivity contribution is 5.70. The normalized spacial score (nSPS) is 14.4. The highest BCUT2D eigenvalue weighted by Gasteiger charge is 2.24. The zero-order valence-corrected chi connectivity index (χ0v) is 19.1. The molecule has 0 atom stereocenters. The number of hydrogen-bond donors (Lipinski definition) is 1. The van der Waals surface area contributed by atoms with Crippen molar-refractivity contribution in [3.63, 3.8) is 0 Å². The summed E-state index contributed by atoms with van der Waals surface area (Å²) in [5, 5.41) is 18.1. The molecule has 1 aliphatic rings. The van der Waals surface area contributed by atoms with E-state index in [9.17, 15) is 4.79 Å². The lowest BCUT2D eigenvalue weighted by atomic mass is 10.1. The van der Waals surface area contributed by atoms with Crippen LogP contribution in [0, 0.1) is 0 Å². The molecule has 4 aromatic rings. The Bertz CT molecular complexity index is 1270. The number of aromatic nitrogens is 6. The van der Waals surface area contributed by atoms with Gasteiger partial charge in [-0.25, -0.2) is 14.8 Å². The van der Waals surface area contributed by atoms with E-state index in [0.29, 0.717) is 18.9 Å². The fourth-order valence-corrected chi connectivity index (χ4v) is 4.34. The van der Waals surface area contributed by atoms with Crippen molar-refractivity contribution in [2.75, 3.05) is 13.1 Å². The first-order valence-electron chi connectivity index (χ1n) is 11.6. The van der Waals surface area contributed by atoms with E-state index in [0.717, 1.165) is 53.6 Å². The lowest BCUT2D eigenvalue weighted by Gasteiger charge is -2.30. The Balaban J connectivity index is 1.30. The number of nitrogens with zero attached hydrogens (tertiary/aromatic N) is 7. The minimum Gasteiger partial charge on any atom is -0.465 e. The number of piperidine rings is 1. The van der Waals surface area contributed by atoms with Gasteiger partial charge in [0.05, 0.1) is 18.4 Å². The van der Waals surface area contributed by atoms with Gasteiger partial charge in [-0.05, 0) is 30.9 Å². The summed E-state index contributed by atoms with van der Waals surface area (Å²) in [6, 6.07) is 8.38. The van der Waals surface area contributed by atoms with Crippen LogP contribution >= 0.6 is 0 Å². The topological polar surface area (TPSA) is 102 Å². The van der Waals surface area contributed by atoms with E-state index >= 15 is 0 Å². The van der Waals surface area contributed by atoms with Crippen molar-refractivity contribution < 1.29 is 9.90 Å². The number of likely N-dealkylation sites (tertiary alicyclic amines) is 1. The third kappa shape index (κ3) is 4.54. The molecule has 1 saturated heterocycles. The Kier molecular flexibility index (Phi) is 6.07. The molecule has 0 radical (unpaired) electrons. The lowest BCUT2D eigenvalue weighted by molar-refractivity contribution is 0.124. The fourth-order valence-electron chi connectivity index (χ4n) is 4.34. The maximum Gasteiger partial charge on any atom is 0.407 e. The first kappa shape index (κ1) is 21.8. The van der Waals surface area contributed by atoms with Gasteiger partial charge in [-0.3, -0.25) is 9.36 Å². The summed E-state index contributed by atoms with van der Waals surface area (Å²) in [6.07, 6.45) is 13.1. The van der Waals surface area contributed by atoms with Crippen LogP contribution in [-0.2, 0) is 6.54 Å². The average Bonchev–Trinajstić information content (AvgIpc) is 3.55. The average molecular weight is 458 g/mol. The van der Waals surface area contributed by atoms with E-state index < -0.39 is 6.09 Å². The highest BCUT2D eigenvalue weighted by Crippen LogP contribution is 2.27. The molecular formula is C25H27N7O2. The molecule has 3 aromatic heterocycles. The molecule has 9 heteroatoms. The van der Waals surface area contributed by atoms with Gasteiger partial charge in [-0.1, -0.05) is 25.1 Å². The van der Waals surface area contributed by atoms with Crippen molar-refractivity contribution in [1.29, 1.82) is 0 Å². The van der Waals surface area contributed by atoms with Crippen molar-refractivity contribution in [2.24, 2.45) is 0 Å². The van der Waals surface area contributed by atoms with Crippen molar-refractivity contribution in [3.05, 3.63) is 61.4 Å². The minimum atomic E-state index is -0.853. The number of carbonyl (C=O) groups is 1. The predicted octanol–water partition coefficient (Wildman–Crippen LogP) is 4.60. The Morgan fingerprint density at radius 3 is 2.38 bits per heavy atom. The van der Waals surface area contributed by atoms with Crippen LogP contribution in [0.5, 0.6) is 0 Å².